The monoisotopic (exact) mass is 612 g/mol. The number of aromatic hydroxyl groups is 6. The summed E-state index contributed by atoms with van der Waals surface area (Å²) in [5.74, 6) is -1.77. The Morgan fingerprint density at radius 2 is 0.444 bits per heavy atom. The number of nitrogens with zero attached hydrogens (tertiary/aromatic N) is 6. The van der Waals surface area contributed by atoms with Crippen LogP contribution in [0.3, 0.4) is 0 Å². The average Bonchev–Trinajstić information content (AvgIpc) is 3.03. The second-order valence-electron chi connectivity index (χ2n) is 10.1. The molecule has 0 aliphatic carbocycles. The number of hydrogen-bond donors (Lipinski definition) is 6. The predicted octanol–water partition coefficient (Wildman–Crippen LogP) is 4.02. The lowest BCUT2D eigenvalue weighted by atomic mass is 10.1. The summed E-state index contributed by atoms with van der Waals surface area (Å²) in [5, 5.41) is 62.3. The van der Waals surface area contributed by atoms with Gasteiger partial charge in [0.2, 0.25) is 0 Å². The van der Waals surface area contributed by atoms with Crippen LogP contribution in [-0.2, 0) is 0 Å². The number of phenolic OH excluding ortho intramolecular Hbond substituents is 6. The Morgan fingerprint density at radius 3 is 0.600 bits per heavy atom. The fourth-order valence-electron chi connectivity index (χ4n) is 4.19. The van der Waals surface area contributed by atoms with Gasteiger partial charge in [-0.2, -0.15) is 0 Å². The van der Waals surface area contributed by atoms with Gasteiger partial charge in [-0.25, -0.2) is 0 Å². The molecule has 12 nitrogen and oxygen atoms in total. The number of phenols is 6. The Bertz CT molecular complexity index is 1350. The van der Waals surface area contributed by atoms with Crippen LogP contribution in [-0.4, -0.2) is 107 Å². The summed E-state index contributed by atoms with van der Waals surface area (Å²) in [6.07, 6.45) is 10.7. The Kier molecular flexibility index (Phi) is 11.8. The summed E-state index contributed by atoms with van der Waals surface area (Å²) >= 11 is 0. The van der Waals surface area contributed by atoms with E-state index < -0.39 is 0 Å². The van der Waals surface area contributed by atoms with Crippen molar-refractivity contribution in [3.8, 4) is 34.5 Å². The van der Waals surface area contributed by atoms with Crippen molar-refractivity contribution in [2.75, 3.05) is 39.3 Å². The molecule has 234 valence electrons. The molecule has 4 aliphatic rings. The quantitative estimate of drug-likeness (QED) is 0.207. The number of hydrogen-bond acceptors (Lipinski definition) is 12. The molecule has 0 aromatic heterocycles. The molecule has 7 rings (SSSR count). The lowest BCUT2D eigenvalue weighted by Crippen LogP contribution is -1.93. The second-order valence-corrected chi connectivity index (χ2v) is 10.1. The van der Waals surface area contributed by atoms with Crippen LogP contribution in [0.2, 0.25) is 0 Å². The standard InChI is InChI=1S/C33H36N6O6/c40-28-22-4-6-24(30(28)42)18-36-12-2-14-38-20-26-8-9-27(33(45)32(26)44)21-39-15-3-13-37-19-25-7-5-23(29(41)31(25)43)17-35-11-1-10-34-16-22/h4-9,16-21,40-45H,1-3,10-15H2. The molecule has 0 saturated carbocycles. The molecule has 0 amide bonds. The number of rotatable bonds is 0. The third-order valence-corrected chi connectivity index (χ3v) is 6.75. The molecule has 6 N–H and O–H groups in total. The lowest BCUT2D eigenvalue weighted by Gasteiger charge is -2.05. The first-order valence-corrected chi connectivity index (χ1v) is 14.5. The maximum atomic E-state index is 10.4. The Labute approximate surface area is 260 Å². The van der Waals surface area contributed by atoms with Gasteiger partial charge in [-0.1, -0.05) is 0 Å². The SMILES string of the molecule is Oc1c2ccc(c1O)C=NCCCN=Cc1ccc(c(O)c1O)C=NCCCN=Cc1ccc(c(O)c1O)C=NCCCN=C2. The number of fused-ring (bicyclic) bond motifs is 2. The van der Waals surface area contributed by atoms with Crippen LogP contribution >= 0.6 is 0 Å². The van der Waals surface area contributed by atoms with Crippen molar-refractivity contribution in [2.24, 2.45) is 30.0 Å². The molecule has 0 radical (unpaired) electrons. The molecule has 0 unspecified atom stereocenters. The van der Waals surface area contributed by atoms with E-state index in [0.717, 1.165) is 0 Å². The van der Waals surface area contributed by atoms with Gasteiger partial charge >= 0.3 is 0 Å². The van der Waals surface area contributed by atoms with Crippen LogP contribution in [0.25, 0.3) is 0 Å². The molecule has 0 spiro atoms. The van der Waals surface area contributed by atoms with Crippen molar-refractivity contribution in [3.63, 3.8) is 0 Å². The van der Waals surface area contributed by atoms with E-state index in [1.54, 1.807) is 36.4 Å². The van der Waals surface area contributed by atoms with E-state index in [-0.39, 0.29) is 34.5 Å². The third-order valence-electron chi connectivity index (χ3n) is 6.75. The van der Waals surface area contributed by atoms with Gasteiger partial charge in [-0.3, -0.25) is 30.0 Å². The minimum Gasteiger partial charge on any atom is -0.504 e. The van der Waals surface area contributed by atoms with Crippen LogP contribution in [0.1, 0.15) is 52.6 Å². The van der Waals surface area contributed by atoms with Crippen LogP contribution in [0.15, 0.2) is 66.4 Å². The maximum absolute atomic E-state index is 10.4. The highest BCUT2D eigenvalue weighted by atomic mass is 16.3. The molecule has 0 atom stereocenters. The minimum atomic E-state index is -0.295. The van der Waals surface area contributed by atoms with Gasteiger partial charge in [-0.15, -0.1) is 0 Å². The largest absolute Gasteiger partial charge is 0.504 e. The van der Waals surface area contributed by atoms with Gasteiger partial charge in [0.1, 0.15) is 0 Å². The Balaban J connectivity index is 1.49. The first kappa shape index (κ1) is 32.4. The highest BCUT2D eigenvalue weighted by Gasteiger charge is 2.11. The first-order chi connectivity index (χ1) is 21.9. The van der Waals surface area contributed by atoms with Crippen molar-refractivity contribution in [2.45, 2.75) is 19.3 Å². The molecule has 3 aromatic carbocycles. The number of benzene rings is 3. The topological polar surface area (TPSA) is 196 Å². The predicted molar refractivity (Wildman–Crippen MR) is 178 cm³/mol. The fourth-order valence-corrected chi connectivity index (χ4v) is 4.19. The van der Waals surface area contributed by atoms with E-state index in [4.69, 9.17) is 0 Å². The zero-order valence-electron chi connectivity index (χ0n) is 24.7. The Morgan fingerprint density at radius 1 is 0.289 bits per heavy atom. The zero-order valence-corrected chi connectivity index (χ0v) is 24.7. The summed E-state index contributed by atoms with van der Waals surface area (Å²) in [5.41, 5.74) is 2.18. The molecule has 12 heteroatoms. The zero-order chi connectivity index (χ0) is 32.0. The van der Waals surface area contributed by atoms with Crippen molar-refractivity contribution in [1.82, 2.24) is 0 Å². The van der Waals surface area contributed by atoms with E-state index >= 15 is 0 Å². The summed E-state index contributed by atoms with van der Waals surface area (Å²) in [6, 6.07) is 9.81. The normalized spacial score (nSPS) is 15.2. The molecule has 0 fully saturated rings. The fraction of sp³-hybridized carbons (Fsp3) is 0.273. The van der Waals surface area contributed by atoms with Crippen LogP contribution in [0.5, 0.6) is 34.5 Å². The summed E-state index contributed by atoms with van der Waals surface area (Å²) in [7, 11) is 0. The van der Waals surface area contributed by atoms with E-state index in [1.807, 2.05) is 0 Å². The molecular formula is C33H36N6O6. The minimum absolute atomic E-state index is 0.295. The third kappa shape index (κ3) is 8.99. The lowest BCUT2D eigenvalue weighted by molar-refractivity contribution is 0.402. The van der Waals surface area contributed by atoms with Crippen LogP contribution in [0, 0.1) is 0 Å². The summed E-state index contributed by atoms with van der Waals surface area (Å²) in [6.45, 7) is 2.54. The molecule has 3 aromatic rings. The van der Waals surface area contributed by atoms with E-state index in [2.05, 4.69) is 30.0 Å². The highest BCUT2D eigenvalue weighted by Crippen LogP contribution is 2.32. The average molecular weight is 613 g/mol. The molecule has 45 heavy (non-hydrogen) atoms. The Hall–Kier alpha value is -5.52. The van der Waals surface area contributed by atoms with E-state index in [9.17, 15) is 30.6 Å². The molecular weight excluding hydrogens is 576 g/mol. The van der Waals surface area contributed by atoms with Gasteiger partial charge in [0.25, 0.3) is 0 Å². The highest BCUT2D eigenvalue weighted by molar-refractivity contribution is 5.93. The van der Waals surface area contributed by atoms with Gasteiger partial charge < -0.3 is 30.6 Å². The van der Waals surface area contributed by atoms with E-state index in [0.29, 0.717) is 91.9 Å². The van der Waals surface area contributed by atoms with Crippen molar-refractivity contribution in [3.05, 3.63) is 69.8 Å². The summed E-state index contributed by atoms with van der Waals surface area (Å²) in [4.78, 5) is 25.7. The molecule has 4 heterocycles. The van der Waals surface area contributed by atoms with Gasteiger partial charge in [0.15, 0.2) is 34.5 Å². The summed E-state index contributed by atoms with van der Waals surface area (Å²) < 4.78 is 0. The van der Waals surface area contributed by atoms with Crippen molar-refractivity contribution in [1.29, 1.82) is 0 Å². The van der Waals surface area contributed by atoms with Gasteiger partial charge in [-0.05, 0) is 55.7 Å². The first-order valence-electron chi connectivity index (χ1n) is 14.5. The molecule has 4 aliphatic heterocycles. The maximum Gasteiger partial charge on any atom is 0.167 e. The van der Waals surface area contributed by atoms with Crippen LogP contribution < -0.4 is 0 Å². The van der Waals surface area contributed by atoms with Gasteiger partial charge in [0, 0.05) is 110 Å². The molecule has 6 bridgehead atoms. The molecule has 0 saturated heterocycles. The van der Waals surface area contributed by atoms with E-state index in [1.165, 1.54) is 37.3 Å². The van der Waals surface area contributed by atoms with Crippen LogP contribution in [0.4, 0.5) is 0 Å². The smallest absolute Gasteiger partial charge is 0.167 e. The second kappa shape index (κ2) is 16.4. The number of aliphatic imine (C=N–C) groups is 6. The van der Waals surface area contributed by atoms with Crippen molar-refractivity contribution < 1.29 is 30.6 Å². The van der Waals surface area contributed by atoms with Crippen molar-refractivity contribution >= 4 is 37.3 Å². The van der Waals surface area contributed by atoms with Gasteiger partial charge in [0.05, 0.1) is 0 Å².